The summed E-state index contributed by atoms with van der Waals surface area (Å²) < 4.78 is 18.9. The topological polar surface area (TPSA) is 41.6 Å². The molecule has 0 saturated carbocycles. The molecular weight excluding hydrogens is 295 g/mol. The average molecular weight is 318 g/mol. The van der Waals surface area contributed by atoms with Crippen molar-refractivity contribution in [2.45, 2.75) is 25.8 Å². The van der Waals surface area contributed by atoms with Crippen LogP contribution in [0.4, 0.5) is 4.39 Å². The number of hydrogen-bond acceptors (Lipinski definition) is 3. The van der Waals surface area contributed by atoms with Crippen LogP contribution >= 0.6 is 0 Å². The quantitative estimate of drug-likeness (QED) is 0.816. The predicted molar refractivity (Wildman–Crippen MR) is 87.5 cm³/mol. The van der Waals surface area contributed by atoms with Gasteiger partial charge >= 0.3 is 0 Å². The zero-order valence-corrected chi connectivity index (χ0v) is 13.4. The van der Waals surface area contributed by atoms with Crippen LogP contribution in [0.25, 0.3) is 0 Å². The van der Waals surface area contributed by atoms with Crippen LogP contribution < -0.4 is 10.1 Å². The Labute approximate surface area is 137 Å². The van der Waals surface area contributed by atoms with E-state index < -0.39 is 5.82 Å². The maximum atomic E-state index is 13.5. The molecule has 1 N–H and O–H groups in total. The van der Waals surface area contributed by atoms with Gasteiger partial charge in [-0.3, -0.25) is 9.69 Å². The lowest BCUT2D eigenvalue weighted by atomic mass is 9.95. The summed E-state index contributed by atoms with van der Waals surface area (Å²) in [5.74, 6) is 2.49. The molecule has 2 rings (SSSR count). The molecule has 124 valence electrons. The van der Waals surface area contributed by atoms with Gasteiger partial charge in [-0.25, -0.2) is 4.39 Å². The first-order chi connectivity index (χ1) is 11.1. The number of nitrogens with zero attached hydrogens (tertiary/aromatic N) is 1. The Morgan fingerprint density at radius 2 is 2.17 bits per heavy atom. The molecule has 1 amide bonds. The first-order valence-corrected chi connectivity index (χ1v) is 7.93. The van der Waals surface area contributed by atoms with Crippen molar-refractivity contribution in [3.63, 3.8) is 0 Å². The van der Waals surface area contributed by atoms with Crippen molar-refractivity contribution in [2.24, 2.45) is 5.92 Å². The normalized spacial score (nSPS) is 17.3. The Bertz CT molecular complexity index is 562. The number of hydrogen-bond donors (Lipinski definition) is 1. The summed E-state index contributed by atoms with van der Waals surface area (Å²) in [5.41, 5.74) is 0. The molecule has 0 aromatic heterocycles. The maximum absolute atomic E-state index is 13.5. The van der Waals surface area contributed by atoms with Crippen molar-refractivity contribution in [3.05, 3.63) is 30.1 Å². The molecule has 1 atom stereocenters. The van der Waals surface area contributed by atoms with Crippen LogP contribution in [0.15, 0.2) is 24.3 Å². The van der Waals surface area contributed by atoms with E-state index in [0.29, 0.717) is 6.54 Å². The molecule has 1 aromatic rings. The van der Waals surface area contributed by atoms with Gasteiger partial charge in [-0.05, 0) is 45.0 Å². The maximum Gasteiger partial charge on any atom is 0.223 e. The van der Waals surface area contributed by atoms with Crippen molar-refractivity contribution < 1.29 is 13.9 Å². The number of carbonyl (C=O) groups is 1. The lowest BCUT2D eigenvalue weighted by Gasteiger charge is -2.30. The number of nitrogens with one attached hydrogen (secondary N) is 1. The molecule has 0 radical (unpaired) electrons. The summed E-state index contributed by atoms with van der Waals surface area (Å²) in [7, 11) is 0. The summed E-state index contributed by atoms with van der Waals surface area (Å²) >= 11 is 0. The monoisotopic (exact) mass is 318 g/mol. The lowest BCUT2D eigenvalue weighted by Crippen LogP contribution is -2.44. The number of piperidine rings is 1. The minimum Gasteiger partial charge on any atom is -0.488 e. The number of likely N-dealkylation sites (tertiary alicyclic amines) is 1. The minimum absolute atomic E-state index is 0.0138. The molecule has 4 nitrogen and oxygen atoms in total. The number of para-hydroxylation sites is 1. The molecule has 0 unspecified atom stereocenters. The van der Waals surface area contributed by atoms with Gasteiger partial charge in [0.15, 0.2) is 11.6 Å². The van der Waals surface area contributed by atoms with E-state index in [4.69, 9.17) is 11.2 Å². The molecule has 1 aromatic carbocycles. The Hall–Kier alpha value is -2.06. The fourth-order valence-electron chi connectivity index (χ4n) is 2.66. The summed E-state index contributed by atoms with van der Waals surface area (Å²) in [6.45, 7) is 4.43. The fraction of sp³-hybridized carbons (Fsp3) is 0.500. The summed E-state index contributed by atoms with van der Waals surface area (Å²) in [5, 5.41) is 2.94. The highest BCUT2D eigenvalue weighted by molar-refractivity contribution is 5.79. The number of halogens is 1. The second kappa shape index (κ2) is 8.54. The van der Waals surface area contributed by atoms with Gasteiger partial charge in [0.1, 0.15) is 6.61 Å². The molecular formula is C18H23FN2O2. The van der Waals surface area contributed by atoms with Crippen molar-refractivity contribution in [3.8, 4) is 18.1 Å². The van der Waals surface area contributed by atoms with Gasteiger partial charge in [0, 0.05) is 5.92 Å². The van der Waals surface area contributed by atoms with Crippen molar-refractivity contribution >= 4 is 5.91 Å². The van der Waals surface area contributed by atoms with Crippen molar-refractivity contribution in [2.75, 3.05) is 26.2 Å². The highest BCUT2D eigenvalue weighted by Gasteiger charge is 2.25. The second-order valence-corrected chi connectivity index (χ2v) is 5.91. The summed E-state index contributed by atoms with van der Waals surface area (Å²) in [6, 6.07) is 6.07. The third-order valence-electron chi connectivity index (χ3n) is 3.99. The van der Waals surface area contributed by atoms with Gasteiger partial charge < -0.3 is 10.1 Å². The number of carbonyl (C=O) groups excluding carboxylic acids is 1. The molecule has 23 heavy (non-hydrogen) atoms. The van der Waals surface area contributed by atoms with E-state index >= 15 is 0 Å². The van der Waals surface area contributed by atoms with E-state index in [9.17, 15) is 9.18 Å². The molecule has 0 bridgehead atoms. The van der Waals surface area contributed by atoms with Gasteiger partial charge in [0.2, 0.25) is 5.91 Å². The minimum atomic E-state index is -0.396. The number of rotatable bonds is 6. The van der Waals surface area contributed by atoms with E-state index in [-0.39, 0.29) is 30.2 Å². The molecule has 0 aliphatic carbocycles. The fourth-order valence-corrected chi connectivity index (χ4v) is 2.66. The van der Waals surface area contributed by atoms with Crippen LogP contribution in [-0.4, -0.2) is 43.1 Å². The number of amides is 1. The molecule has 1 fully saturated rings. The van der Waals surface area contributed by atoms with E-state index in [2.05, 4.69) is 16.1 Å². The zero-order chi connectivity index (χ0) is 16.7. The highest BCUT2D eigenvalue weighted by Crippen LogP contribution is 2.18. The van der Waals surface area contributed by atoms with Gasteiger partial charge in [-0.15, -0.1) is 6.42 Å². The van der Waals surface area contributed by atoms with Crippen LogP contribution in [-0.2, 0) is 4.79 Å². The van der Waals surface area contributed by atoms with E-state index in [1.807, 2.05) is 6.92 Å². The zero-order valence-electron chi connectivity index (χ0n) is 13.4. The summed E-state index contributed by atoms with van der Waals surface area (Å²) in [4.78, 5) is 14.4. The van der Waals surface area contributed by atoms with Crippen LogP contribution in [0.3, 0.4) is 0 Å². The largest absolute Gasteiger partial charge is 0.488 e. The van der Waals surface area contributed by atoms with Crippen molar-refractivity contribution in [1.29, 1.82) is 0 Å². The van der Waals surface area contributed by atoms with E-state index in [1.54, 1.807) is 18.2 Å². The summed E-state index contributed by atoms with van der Waals surface area (Å²) in [6.07, 6.45) is 6.93. The van der Waals surface area contributed by atoms with Crippen LogP contribution in [0.5, 0.6) is 5.75 Å². The Balaban J connectivity index is 1.73. The third kappa shape index (κ3) is 5.26. The average Bonchev–Trinajstić information content (AvgIpc) is 2.55. The Morgan fingerprint density at radius 3 is 2.83 bits per heavy atom. The highest BCUT2D eigenvalue weighted by atomic mass is 19.1. The van der Waals surface area contributed by atoms with Gasteiger partial charge in [0.05, 0.1) is 12.6 Å². The first kappa shape index (κ1) is 17.3. The van der Waals surface area contributed by atoms with Gasteiger partial charge in [0.25, 0.3) is 0 Å². The number of terminal acetylenes is 1. The SMILES string of the molecule is C#CCN1CCC(C(=O)N[C@H](C)COc2ccccc2F)CC1. The molecule has 1 aliphatic heterocycles. The first-order valence-electron chi connectivity index (χ1n) is 7.93. The van der Waals surface area contributed by atoms with Crippen LogP contribution in [0.1, 0.15) is 19.8 Å². The van der Waals surface area contributed by atoms with Crippen LogP contribution in [0.2, 0.25) is 0 Å². The Kier molecular flexibility index (Phi) is 6.42. The third-order valence-corrected chi connectivity index (χ3v) is 3.99. The van der Waals surface area contributed by atoms with Gasteiger partial charge in [-0.2, -0.15) is 0 Å². The second-order valence-electron chi connectivity index (χ2n) is 5.91. The number of ether oxygens (including phenoxy) is 1. The molecule has 1 aliphatic rings. The van der Waals surface area contributed by atoms with E-state index in [1.165, 1.54) is 6.07 Å². The molecule has 1 heterocycles. The molecule has 0 spiro atoms. The standard InChI is InChI=1S/C18H23FN2O2/c1-3-10-21-11-8-15(9-12-21)18(22)20-14(2)13-23-17-7-5-4-6-16(17)19/h1,4-7,14-15H,8-13H2,2H3,(H,20,22)/t14-/m1/s1. The smallest absolute Gasteiger partial charge is 0.223 e. The molecule has 5 heteroatoms. The number of benzene rings is 1. The Morgan fingerprint density at radius 1 is 1.48 bits per heavy atom. The predicted octanol–water partition coefficient (Wildman–Crippen LogP) is 2.05. The van der Waals surface area contributed by atoms with E-state index in [0.717, 1.165) is 25.9 Å². The van der Waals surface area contributed by atoms with Crippen LogP contribution in [0, 0.1) is 24.1 Å². The lowest BCUT2D eigenvalue weighted by molar-refractivity contribution is -0.127. The van der Waals surface area contributed by atoms with Crippen molar-refractivity contribution in [1.82, 2.24) is 10.2 Å². The van der Waals surface area contributed by atoms with Gasteiger partial charge in [-0.1, -0.05) is 18.1 Å². The molecule has 1 saturated heterocycles.